The van der Waals surface area contributed by atoms with Gasteiger partial charge in [0, 0.05) is 39.9 Å². The molecule has 1 aliphatic rings. The van der Waals surface area contributed by atoms with E-state index in [1.165, 1.54) is 24.0 Å². The number of carbonyl (C=O) groups excluding carboxylic acids is 4. The minimum Gasteiger partial charge on any atom is -0.357 e. The van der Waals surface area contributed by atoms with E-state index in [4.69, 9.17) is 0 Å². The average Bonchev–Trinajstić information content (AvgIpc) is 2.97. The number of nitrogens with zero attached hydrogens (tertiary/aromatic N) is 2. The molecule has 3 aromatic rings. The molecule has 41 heavy (non-hydrogen) atoms. The van der Waals surface area contributed by atoms with Gasteiger partial charge in [0.15, 0.2) is 0 Å². The first-order valence-corrected chi connectivity index (χ1v) is 14.0. The molecule has 0 saturated carbocycles. The third-order valence-corrected chi connectivity index (χ3v) is 7.62. The Morgan fingerprint density at radius 2 is 1.68 bits per heavy atom. The normalized spacial score (nSPS) is 16.8. The lowest BCUT2D eigenvalue weighted by Gasteiger charge is -2.44. The molecule has 4 amide bonds. The maximum atomic E-state index is 14.0. The van der Waals surface area contributed by atoms with Crippen LogP contribution in [0, 0.1) is 5.82 Å². The van der Waals surface area contributed by atoms with Crippen molar-refractivity contribution in [3.05, 3.63) is 83.7 Å². The van der Waals surface area contributed by atoms with Gasteiger partial charge in [0.2, 0.25) is 23.6 Å². The molecule has 0 aromatic heterocycles. The molecule has 1 fully saturated rings. The predicted molar refractivity (Wildman–Crippen MR) is 155 cm³/mol. The highest BCUT2D eigenvalue weighted by atomic mass is 19.1. The van der Waals surface area contributed by atoms with Gasteiger partial charge in [0.1, 0.15) is 23.9 Å². The van der Waals surface area contributed by atoms with Gasteiger partial charge >= 0.3 is 0 Å². The number of nitrogens with one attached hydrogen (secondary N) is 2. The molecule has 4 rings (SSSR count). The summed E-state index contributed by atoms with van der Waals surface area (Å²) in [5.74, 6) is -1.70. The first-order chi connectivity index (χ1) is 19.7. The van der Waals surface area contributed by atoms with Crippen LogP contribution < -0.4 is 10.6 Å². The van der Waals surface area contributed by atoms with Crippen molar-refractivity contribution in [2.24, 2.45) is 0 Å². The van der Waals surface area contributed by atoms with Crippen LogP contribution in [0.1, 0.15) is 37.8 Å². The number of halogens is 1. The second-order valence-corrected chi connectivity index (χ2v) is 10.4. The van der Waals surface area contributed by atoms with Gasteiger partial charge in [-0.25, -0.2) is 4.39 Å². The molecule has 3 atom stereocenters. The Morgan fingerprint density at radius 3 is 2.37 bits per heavy atom. The van der Waals surface area contributed by atoms with E-state index in [0.717, 1.165) is 16.3 Å². The van der Waals surface area contributed by atoms with Gasteiger partial charge in [0.25, 0.3) is 0 Å². The fraction of sp³-hybridized carbons (Fsp3) is 0.375. The van der Waals surface area contributed by atoms with Crippen molar-refractivity contribution in [2.45, 2.75) is 57.7 Å². The maximum absolute atomic E-state index is 14.0. The van der Waals surface area contributed by atoms with Gasteiger partial charge in [0.05, 0.1) is 0 Å². The Labute approximate surface area is 239 Å². The fourth-order valence-electron chi connectivity index (χ4n) is 5.62. The van der Waals surface area contributed by atoms with Crippen molar-refractivity contribution in [3.8, 4) is 0 Å². The third kappa shape index (κ3) is 6.90. The summed E-state index contributed by atoms with van der Waals surface area (Å²) in [6.07, 6.45) is 1.55. The van der Waals surface area contributed by atoms with Crippen molar-refractivity contribution in [2.75, 3.05) is 20.1 Å². The van der Waals surface area contributed by atoms with Crippen LogP contribution in [0.4, 0.5) is 4.39 Å². The quantitative estimate of drug-likeness (QED) is 0.398. The summed E-state index contributed by atoms with van der Waals surface area (Å²) in [6, 6.07) is 17.2. The van der Waals surface area contributed by atoms with Crippen molar-refractivity contribution in [3.63, 3.8) is 0 Å². The summed E-state index contributed by atoms with van der Waals surface area (Å²) in [4.78, 5) is 56.2. The summed E-state index contributed by atoms with van der Waals surface area (Å²) in [6.45, 7) is 3.67. The van der Waals surface area contributed by atoms with Crippen LogP contribution in [0.5, 0.6) is 0 Å². The largest absolute Gasteiger partial charge is 0.357 e. The molecule has 0 bridgehead atoms. The molecule has 0 spiro atoms. The minimum absolute atomic E-state index is 0.161. The Morgan fingerprint density at radius 1 is 0.976 bits per heavy atom. The maximum Gasteiger partial charge on any atom is 0.246 e. The van der Waals surface area contributed by atoms with Crippen LogP contribution in [0.2, 0.25) is 0 Å². The number of hydrogen-bond donors (Lipinski definition) is 2. The van der Waals surface area contributed by atoms with E-state index in [9.17, 15) is 23.6 Å². The van der Waals surface area contributed by atoms with Crippen LogP contribution >= 0.6 is 0 Å². The fourth-order valence-corrected chi connectivity index (χ4v) is 5.62. The number of piperazine rings is 1. The predicted octanol–water partition coefficient (Wildman–Crippen LogP) is 3.22. The van der Waals surface area contributed by atoms with E-state index in [1.54, 1.807) is 24.1 Å². The van der Waals surface area contributed by atoms with E-state index < -0.39 is 23.9 Å². The van der Waals surface area contributed by atoms with Gasteiger partial charge < -0.3 is 20.4 Å². The molecule has 2 unspecified atom stereocenters. The number of likely N-dealkylation sites (N-methyl/N-ethyl adjacent to an activating group) is 1. The Hall–Kier alpha value is -4.27. The van der Waals surface area contributed by atoms with Crippen LogP contribution in [-0.4, -0.2) is 71.7 Å². The van der Waals surface area contributed by atoms with Gasteiger partial charge in [-0.15, -0.1) is 0 Å². The zero-order valence-electron chi connectivity index (χ0n) is 23.7. The molecular formula is C32H37FN4O4. The molecule has 0 radical (unpaired) electrons. The SMILES string of the molecule is CCC[C@@H]1C(=O)N(C(Cc2cccc3ccccc23)C(=O)NC)CCN1C(=O)C(Cc1ccc(F)cc1)NC(C)=O. The van der Waals surface area contributed by atoms with Crippen molar-refractivity contribution in [1.29, 1.82) is 0 Å². The number of carbonyl (C=O) groups is 4. The molecule has 0 aliphatic carbocycles. The lowest BCUT2D eigenvalue weighted by molar-refractivity contribution is -0.157. The van der Waals surface area contributed by atoms with Crippen molar-refractivity contribution in [1.82, 2.24) is 20.4 Å². The van der Waals surface area contributed by atoms with E-state index in [0.29, 0.717) is 24.8 Å². The highest BCUT2D eigenvalue weighted by Gasteiger charge is 2.43. The smallest absolute Gasteiger partial charge is 0.246 e. The van der Waals surface area contributed by atoms with Crippen LogP contribution in [-0.2, 0) is 32.0 Å². The molecule has 216 valence electrons. The molecule has 9 heteroatoms. The van der Waals surface area contributed by atoms with E-state index in [1.807, 2.05) is 49.4 Å². The highest BCUT2D eigenvalue weighted by Crippen LogP contribution is 2.25. The third-order valence-electron chi connectivity index (χ3n) is 7.62. The molecule has 3 aromatic carbocycles. The Balaban J connectivity index is 1.60. The summed E-state index contributed by atoms with van der Waals surface area (Å²) >= 11 is 0. The Kier molecular flexibility index (Phi) is 9.70. The second kappa shape index (κ2) is 13.4. The number of rotatable bonds is 10. The van der Waals surface area contributed by atoms with E-state index in [2.05, 4.69) is 10.6 Å². The number of benzene rings is 3. The summed E-state index contributed by atoms with van der Waals surface area (Å²) in [5.41, 5.74) is 1.64. The average molecular weight is 561 g/mol. The lowest BCUT2D eigenvalue weighted by Crippen LogP contribution is -2.65. The Bertz CT molecular complexity index is 1410. The molecular weight excluding hydrogens is 523 g/mol. The minimum atomic E-state index is -0.915. The zero-order valence-corrected chi connectivity index (χ0v) is 23.7. The monoisotopic (exact) mass is 560 g/mol. The van der Waals surface area contributed by atoms with Crippen molar-refractivity contribution >= 4 is 34.4 Å². The van der Waals surface area contributed by atoms with Crippen LogP contribution in [0.3, 0.4) is 0 Å². The molecule has 1 aliphatic heterocycles. The molecule has 1 heterocycles. The van der Waals surface area contributed by atoms with Gasteiger partial charge in [-0.05, 0) is 40.5 Å². The highest BCUT2D eigenvalue weighted by molar-refractivity contribution is 5.95. The summed E-state index contributed by atoms with van der Waals surface area (Å²) in [5, 5.41) is 7.51. The number of amides is 4. The molecule has 1 saturated heterocycles. The van der Waals surface area contributed by atoms with Gasteiger partial charge in [-0.3, -0.25) is 19.2 Å². The standard InChI is InChI=1S/C32H37FN4O4/c1-4-8-28-32(41)37(29(30(39)34-3)20-24-11-7-10-23-9-5-6-12-26(23)24)18-17-36(28)31(40)27(35-21(2)38)19-22-13-15-25(33)16-14-22/h5-7,9-16,27-29H,4,8,17-20H2,1-3H3,(H,34,39)(H,35,38)/t27?,28-,29?/m1/s1. The molecule has 2 N–H and O–H groups in total. The summed E-state index contributed by atoms with van der Waals surface area (Å²) in [7, 11) is 1.56. The van der Waals surface area contributed by atoms with Gasteiger partial charge in [-0.1, -0.05) is 67.9 Å². The van der Waals surface area contributed by atoms with Gasteiger partial charge in [-0.2, -0.15) is 0 Å². The topological polar surface area (TPSA) is 98.8 Å². The van der Waals surface area contributed by atoms with Crippen LogP contribution in [0.15, 0.2) is 66.7 Å². The lowest BCUT2D eigenvalue weighted by atomic mass is 9.95. The molecule has 8 nitrogen and oxygen atoms in total. The first-order valence-electron chi connectivity index (χ1n) is 14.0. The summed E-state index contributed by atoms with van der Waals surface area (Å²) < 4.78 is 13.4. The number of fused-ring (bicyclic) bond motifs is 1. The van der Waals surface area contributed by atoms with Crippen molar-refractivity contribution < 1.29 is 23.6 Å². The van der Waals surface area contributed by atoms with E-state index >= 15 is 0 Å². The second-order valence-electron chi connectivity index (χ2n) is 10.4. The zero-order chi connectivity index (χ0) is 29.5. The first kappa shape index (κ1) is 29.7. The van der Waals surface area contributed by atoms with Crippen LogP contribution in [0.25, 0.3) is 10.8 Å². The van der Waals surface area contributed by atoms with E-state index in [-0.39, 0.29) is 43.1 Å². The number of hydrogen-bond acceptors (Lipinski definition) is 4.